The van der Waals surface area contributed by atoms with E-state index in [9.17, 15) is 5.11 Å². The Balaban J connectivity index is 1.42. The second-order valence-electron chi connectivity index (χ2n) is 8.60. The smallest absolute Gasteiger partial charge is 0.264 e. The van der Waals surface area contributed by atoms with E-state index in [0.29, 0.717) is 11.8 Å². The molecule has 158 valence electrons. The van der Waals surface area contributed by atoms with Gasteiger partial charge in [-0.3, -0.25) is 9.98 Å². The average Bonchev–Trinajstić information content (AvgIpc) is 3.11. The summed E-state index contributed by atoms with van der Waals surface area (Å²) < 4.78 is 0.00453. The summed E-state index contributed by atoms with van der Waals surface area (Å²) in [6.07, 6.45) is 9.03. The fourth-order valence-corrected chi connectivity index (χ4v) is 4.73. The van der Waals surface area contributed by atoms with Gasteiger partial charge in [-0.25, -0.2) is 4.98 Å². The molecule has 7 heteroatoms. The molecule has 1 aromatic carbocycles. The second-order valence-corrected chi connectivity index (χ2v) is 8.60. The third kappa shape index (κ3) is 2.94. The molecule has 0 spiro atoms. The lowest BCUT2D eigenvalue weighted by atomic mass is 9.73. The molecule has 3 aliphatic rings. The molecule has 0 amide bonds. The van der Waals surface area contributed by atoms with Crippen molar-refractivity contribution >= 4 is 23.0 Å². The molecule has 1 aliphatic carbocycles. The third-order valence-corrected chi connectivity index (χ3v) is 6.58. The molecule has 6 rings (SSSR count). The van der Waals surface area contributed by atoms with Gasteiger partial charge in [0.2, 0.25) is 5.70 Å². The van der Waals surface area contributed by atoms with Gasteiger partial charge in [0.1, 0.15) is 11.9 Å². The lowest BCUT2D eigenvalue weighted by Crippen LogP contribution is -2.53. The van der Waals surface area contributed by atoms with Crippen molar-refractivity contribution in [2.45, 2.75) is 12.8 Å². The number of amidine groups is 1. The maximum absolute atomic E-state index is 9.44. The van der Waals surface area contributed by atoms with Crippen molar-refractivity contribution in [1.82, 2.24) is 9.97 Å². The molecule has 0 saturated heterocycles. The SMILES string of the molecule is N[N+]12C=CN=CC1=C(C1CC(CO)C1)N=C2c1ccc2ccc(-c3ccccn3)nc2c1. The molecule has 4 heterocycles. The quantitative estimate of drug-likeness (QED) is 0.496. The molecule has 1 atom stereocenters. The van der Waals surface area contributed by atoms with Gasteiger partial charge < -0.3 is 5.11 Å². The minimum absolute atomic E-state index is 0.00453. The number of pyridine rings is 2. The first-order valence-electron chi connectivity index (χ1n) is 10.8. The molecule has 1 saturated carbocycles. The zero-order chi connectivity index (χ0) is 21.7. The van der Waals surface area contributed by atoms with Crippen LogP contribution >= 0.6 is 0 Å². The number of aliphatic hydroxyl groups excluding tert-OH is 1. The van der Waals surface area contributed by atoms with Gasteiger partial charge in [-0.2, -0.15) is 10.8 Å². The van der Waals surface area contributed by atoms with E-state index in [-0.39, 0.29) is 11.2 Å². The number of fused-ring (bicyclic) bond motifs is 2. The van der Waals surface area contributed by atoms with Gasteiger partial charge in [-0.1, -0.05) is 18.2 Å². The van der Waals surface area contributed by atoms with E-state index in [1.807, 2.05) is 48.8 Å². The van der Waals surface area contributed by atoms with Crippen molar-refractivity contribution in [3.8, 4) is 11.4 Å². The van der Waals surface area contributed by atoms with Crippen molar-refractivity contribution in [2.24, 2.45) is 27.7 Å². The Labute approximate surface area is 185 Å². The minimum Gasteiger partial charge on any atom is -0.396 e. The highest BCUT2D eigenvalue weighted by Crippen LogP contribution is 2.44. The van der Waals surface area contributed by atoms with Crippen molar-refractivity contribution in [3.05, 3.63) is 84.1 Å². The number of hydrogen-bond acceptors (Lipinski definition) is 6. The number of aliphatic hydroxyl groups is 1. The van der Waals surface area contributed by atoms with Gasteiger partial charge in [0.15, 0.2) is 0 Å². The van der Waals surface area contributed by atoms with E-state index in [1.165, 1.54) is 0 Å². The molecular weight excluding hydrogens is 400 g/mol. The van der Waals surface area contributed by atoms with E-state index in [0.717, 1.165) is 57.9 Å². The highest BCUT2D eigenvalue weighted by atomic mass is 16.3. The van der Waals surface area contributed by atoms with Crippen LogP contribution in [0.25, 0.3) is 22.3 Å². The van der Waals surface area contributed by atoms with E-state index < -0.39 is 0 Å². The van der Waals surface area contributed by atoms with E-state index in [2.05, 4.69) is 22.1 Å². The Hall–Kier alpha value is -3.52. The Kier molecular flexibility index (Phi) is 4.36. The zero-order valence-corrected chi connectivity index (χ0v) is 17.5. The summed E-state index contributed by atoms with van der Waals surface area (Å²) >= 11 is 0. The van der Waals surface area contributed by atoms with Crippen LogP contribution in [0.5, 0.6) is 0 Å². The molecule has 1 unspecified atom stereocenters. The minimum atomic E-state index is 0.00453. The summed E-state index contributed by atoms with van der Waals surface area (Å²) in [6, 6.07) is 16.0. The highest BCUT2D eigenvalue weighted by Gasteiger charge is 2.48. The van der Waals surface area contributed by atoms with Crippen LogP contribution in [-0.4, -0.2) is 38.3 Å². The standard InChI is InChI=1S/C25H23N6O/c26-31-10-9-27-14-23(31)24(19-11-16(12-19)15-32)30-25(31)18-5-4-17-6-7-21(29-22(17)13-18)20-3-1-2-8-28-20/h1-10,13-14,16,19,32H,11-12,15,26H2/q+1. The van der Waals surface area contributed by atoms with E-state index >= 15 is 0 Å². The number of nitrogens with two attached hydrogens (primary N) is 1. The maximum atomic E-state index is 9.44. The Morgan fingerprint density at radius 3 is 2.75 bits per heavy atom. The van der Waals surface area contributed by atoms with Crippen LogP contribution in [0.15, 0.2) is 88.5 Å². The first-order chi connectivity index (χ1) is 15.7. The number of hydrogen-bond donors (Lipinski definition) is 2. The van der Waals surface area contributed by atoms with Crippen molar-refractivity contribution in [1.29, 1.82) is 0 Å². The monoisotopic (exact) mass is 423 g/mol. The Morgan fingerprint density at radius 1 is 1.06 bits per heavy atom. The molecular formula is C25H23N6O+. The lowest BCUT2D eigenvalue weighted by molar-refractivity contribution is -0.750. The summed E-state index contributed by atoms with van der Waals surface area (Å²) in [4.78, 5) is 18.6. The number of nitrogens with zero attached hydrogens (tertiary/aromatic N) is 5. The first-order valence-corrected chi connectivity index (χ1v) is 10.8. The van der Waals surface area contributed by atoms with Gasteiger partial charge in [0, 0.05) is 24.1 Å². The number of allylic oxidation sites excluding steroid dienone is 2. The van der Waals surface area contributed by atoms with Gasteiger partial charge in [0.05, 0.1) is 34.9 Å². The predicted molar refractivity (Wildman–Crippen MR) is 124 cm³/mol. The van der Waals surface area contributed by atoms with Crippen molar-refractivity contribution < 1.29 is 9.70 Å². The second kappa shape index (κ2) is 7.27. The highest BCUT2D eigenvalue weighted by molar-refractivity contribution is 6.02. The van der Waals surface area contributed by atoms with Crippen LogP contribution in [0.3, 0.4) is 0 Å². The topological polar surface area (TPSA) is 96.8 Å². The van der Waals surface area contributed by atoms with Gasteiger partial charge >= 0.3 is 0 Å². The fraction of sp³-hybridized carbons (Fsp3) is 0.200. The maximum Gasteiger partial charge on any atom is 0.264 e. The number of benzene rings is 1. The van der Waals surface area contributed by atoms with Crippen LogP contribution in [-0.2, 0) is 0 Å². The number of rotatable bonds is 4. The first kappa shape index (κ1) is 19.2. The van der Waals surface area contributed by atoms with E-state index in [1.54, 1.807) is 12.4 Å². The summed E-state index contributed by atoms with van der Waals surface area (Å²) in [7, 11) is 0. The van der Waals surface area contributed by atoms with Crippen molar-refractivity contribution in [2.75, 3.05) is 6.61 Å². The molecule has 0 bridgehead atoms. The average molecular weight is 424 g/mol. The van der Waals surface area contributed by atoms with Gasteiger partial charge in [-0.05, 0) is 49.1 Å². The number of aliphatic imine (C=N–C) groups is 2. The number of quaternary nitrogens is 1. The molecule has 1 fully saturated rings. The molecule has 32 heavy (non-hydrogen) atoms. The molecule has 3 N–H and O–H groups in total. The van der Waals surface area contributed by atoms with Gasteiger partial charge in [0.25, 0.3) is 5.84 Å². The van der Waals surface area contributed by atoms with Gasteiger partial charge in [-0.15, -0.1) is 4.59 Å². The summed E-state index contributed by atoms with van der Waals surface area (Å²) in [5.74, 6) is 8.28. The molecule has 2 aromatic heterocycles. The van der Waals surface area contributed by atoms with Crippen LogP contribution in [0.2, 0.25) is 0 Å². The van der Waals surface area contributed by atoms with Crippen molar-refractivity contribution in [3.63, 3.8) is 0 Å². The largest absolute Gasteiger partial charge is 0.396 e. The lowest BCUT2D eigenvalue weighted by Gasteiger charge is -2.33. The van der Waals surface area contributed by atoms with Crippen LogP contribution in [0.1, 0.15) is 18.4 Å². The summed E-state index contributed by atoms with van der Waals surface area (Å²) in [6.45, 7) is 0.223. The van der Waals surface area contributed by atoms with Crippen LogP contribution in [0, 0.1) is 11.8 Å². The molecule has 0 radical (unpaired) electrons. The Morgan fingerprint density at radius 2 is 1.94 bits per heavy atom. The molecule has 7 nitrogen and oxygen atoms in total. The predicted octanol–water partition coefficient (Wildman–Crippen LogP) is 3.53. The number of aromatic nitrogens is 2. The molecule has 2 aliphatic heterocycles. The van der Waals surface area contributed by atoms with E-state index in [4.69, 9.17) is 15.8 Å². The molecule has 3 aromatic rings. The van der Waals surface area contributed by atoms with Crippen LogP contribution in [0.4, 0.5) is 0 Å². The zero-order valence-electron chi connectivity index (χ0n) is 17.5. The van der Waals surface area contributed by atoms with Crippen LogP contribution < -0.4 is 5.84 Å². The normalized spacial score (nSPS) is 26.2. The fourth-order valence-electron chi connectivity index (χ4n) is 4.73. The summed E-state index contributed by atoms with van der Waals surface area (Å²) in [5.41, 5.74) is 5.35. The Bertz CT molecular complexity index is 1340. The summed E-state index contributed by atoms with van der Waals surface area (Å²) in [5, 5.41) is 10.5. The third-order valence-electron chi connectivity index (χ3n) is 6.58.